The van der Waals surface area contributed by atoms with Gasteiger partial charge in [0.2, 0.25) is 0 Å². The second kappa shape index (κ2) is 8.09. The Morgan fingerprint density at radius 3 is 2.84 bits per heavy atom. The van der Waals surface area contributed by atoms with E-state index < -0.39 is 4.92 Å². The molecule has 1 atom stereocenters. The van der Waals surface area contributed by atoms with Crippen molar-refractivity contribution in [1.82, 2.24) is 5.32 Å². The molecular weight excluding hydrogens is 268 g/mol. The van der Waals surface area contributed by atoms with Gasteiger partial charge in [-0.25, -0.2) is 0 Å². The molecular formula is C13H19ClN2O3. The van der Waals surface area contributed by atoms with Gasteiger partial charge in [0.1, 0.15) is 0 Å². The minimum absolute atomic E-state index is 0.0488. The van der Waals surface area contributed by atoms with E-state index in [1.54, 1.807) is 19.2 Å². The molecule has 0 spiro atoms. The second-order valence-corrected chi connectivity index (χ2v) is 4.72. The van der Waals surface area contributed by atoms with Crippen LogP contribution in [0.3, 0.4) is 0 Å². The molecule has 106 valence electrons. The first-order valence-electron chi connectivity index (χ1n) is 6.24. The van der Waals surface area contributed by atoms with E-state index in [9.17, 15) is 10.1 Å². The Balaban J connectivity index is 2.78. The molecule has 5 nitrogen and oxygen atoms in total. The van der Waals surface area contributed by atoms with Crippen molar-refractivity contribution in [2.45, 2.75) is 32.4 Å². The maximum atomic E-state index is 11.0. The number of methoxy groups -OCH3 is 1. The molecule has 0 aliphatic rings. The molecule has 0 aliphatic carbocycles. The van der Waals surface area contributed by atoms with E-state index in [-0.39, 0.29) is 11.7 Å². The summed E-state index contributed by atoms with van der Waals surface area (Å²) in [5.41, 5.74) is 0.569. The molecule has 0 radical (unpaired) electrons. The van der Waals surface area contributed by atoms with E-state index in [4.69, 9.17) is 16.3 Å². The van der Waals surface area contributed by atoms with E-state index in [1.807, 2.05) is 0 Å². The topological polar surface area (TPSA) is 64.4 Å². The summed E-state index contributed by atoms with van der Waals surface area (Å²) in [5.74, 6) is 0. The lowest BCUT2D eigenvalue weighted by molar-refractivity contribution is -0.385. The van der Waals surface area contributed by atoms with Crippen LogP contribution in [0.25, 0.3) is 0 Å². The van der Waals surface area contributed by atoms with Crippen LogP contribution in [0.4, 0.5) is 5.69 Å². The van der Waals surface area contributed by atoms with Crippen molar-refractivity contribution in [3.63, 3.8) is 0 Å². The summed E-state index contributed by atoms with van der Waals surface area (Å²) in [6, 6.07) is 4.89. The molecule has 1 aromatic rings. The molecule has 0 aliphatic heterocycles. The number of nitrogens with zero attached hydrogens (tertiary/aromatic N) is 1. The number of nitro benzene ring substituents is 1. The molecule has 1 rings (SSSR count). The van der Waals surface area contributed by atoms with Gasteiger partial charge in [-0.3, -0.25) is 10.1 Å². The van der Waals surface area contributed by atoms with Crippen molar-refractivity contribution in [3.8, 4) is 0 Å². The Hall–Kier alpha value is -1.17. The van der Waals surface area contributed by atoms with Crippen LogP contribution in [0.2, 0.25) is 5.02 Å². The van der Waals surface area contributed by atoms with Gasteiger partial charge in [0.05, 0.1) is 22.1 Å². The number of benzene rings is 1. The molecule has 0 fully saturated rings. The highest BCUT2D eigenvalue weighted by Gasteiger charge is 2.17. The van der Waals surface area contributed by atoms with Crippen LogP contribution >= 0.6 is 11.6 Å². The number of nitrogens with one attached hydrogen (secondary N) is 1. The van der Waals surface area contributed by atoms with Crippen molar-refractivity contribution in [3.05, 3.63) is 38.9 Å². The third-order valence-electron chi connectivity index (χ3n) is 2.86. The van der Waals surface area contributed by atoms with Gasteiger partial charge in [0, 0.05) is 25.8 Å². The van der Waals surface area contributed by atoms with Crippen molar-refractivity contribution in [2.75, 3.05) is 13.7 Å². The first kappa shape index (κ1) is 15.9. The van der Waals surface area contributed by atoms with Crippen LogP contribution in [0, 0.1) is 10.1 Å². The fourth-order valence-corrected chi connectivity index (χ4v) is 2.17. The Bertz CT molecular complexity index is 420. The number of hydrogen-bond acceptors (Lipinski definition) is 4. The zero-order valence-corrected chi connectivity index (χ0v) is 11.9. The van der Waals surface area contributed by atoms with Crippen LogP contribution in [0.15, 0.2) is 18.2 Å². The standard InChI is InChI=1S/C13H19ClN2O3/c1-3-5-10(9-19-2)15-8-11-12(14)6-4-7-13(11)16(17)18/h4,6-7,10,15H,3,5,8-9H2,1-2H3. The van der Waals surface area contributed by atoms with Crippen LogP contribution in [-0.2, 0) is 11.3 Å². The quantitative estimate of drug-likeness (QED) is 0.589. The molecule has 1 aromatic carbocycles. The first-order chi connectivity index (χ1) is 9.10. The number of nitro groups is 1. The van der Waals surface area contributed by atoms with E-state index >= 15 is 0 Å². The smallest absolute Gasteiger partial charge is 0.275 e. The molecule has 0 amide bonds. The predicted octanol–water partition coefficient (Wildman–Crippen LogP) is 3.15. The largest absolute Gasteiger partial charge is 0.383 e. The Morgan fingerprint density at radius 1 is 1.53 bits per heavy atom. The van der Waals surface area contributed by atoms with E-state index in [1.165, 1.54) is 6.07 Å². The van der Waals surface area contributed by atoms with Gasteiger partial charge in [-0.1, -0.05) is 31.0 Å². The summed E-state index contributed by atoms with van der Waals surface area (Å²) >= 11 is 6.04. The summed E-state index contributed by atoms with van der Waals surface area (Å²) in [6.45, 7) is 3.03. The van der Waals surface area contributed by atoms with Gasteiger partial charge in [0.15, 0.2) is 0 Å². The van der Waals surface area contributed by atoms with Crippen molar-refractivity contribution in [2.24, 2.45) is 0 Å². The Labute approximate surface area is 118 Å². The molecule has 19 heavy (non-hydrogen) atoms. The van der Waals surface area contributed by atoms with E-state index in [2.05, 4.69) is 12.2 Å². The van der Waals surface area contributed by atoms with Gasteiger partial charge in [-0.15, -0.1) is 0 Å². The summed E-state index contributed by atoms with van der Waals surface area (Å²) in [7, 11) is 1.64. The molecule has 1 unspecified atom stereocenters. The first-order valence-corrected chi connectivity index (χ1v) is 6.62. The highest BCUT2D eigenvalue weighted by Crippen LogP contribution is 2.26. The summed E-state index contributed by atoms with van der Waals surface area (Å²) in [5, 5.41) is 14.6. The van der Waals surface area contributed by atoms with Crippen molar-refractivity contribution < 1.29 is 9.66 Å². The van der Waals surface area contributed by atoms with Gasteiger partial charge in [-0.2, -0.15) is 0 Å². The van der Waals surface area contributed by atoms with Gasteiger partial charge in [0.25, 0.3) is 5.69 Å². The third-order valence-corrected chi connectivity index (χ3v) is 3.22. The predicted molar refractivity (Wildman–Crippen MR) is 75.5 cm³/mol. The zero-order chi connectivity index (χ0) is 14.3. The number of hydrogen-bond donors (Lipinski definition) is 1. The number of ether oxygens (including phenoxy) is 1. The van der Waals surface area contributed by atoms with Gasteiger partial charge >= 0.3 is 0 Å². The summed E-state index contributed by atoms with van der Waals surface area (Å²) < 4.78 is 5.12. The summed E-state index contributed by atoms with van der Waals surface area (Å²) in [6.07, 6.45) is 1.97. The lowest BCUT2D eigenvalue weighted by Crippen LogP contribution is -2.32. The molecule has 6 heteroatoms. The molecule has 0 heterocycles. The average Bonchev–Trinajstić information content (AvgIpc) is 2.37. The molecule has 0 saturated heterocycles. The number of halogens is 1. The maximum absolute atomic E-state index is 11.0. The molecule has 0 aromatic heterocycles. The lowest BCUT2D eigenvalue weighted by atomic mass is 10.1. The second-order valence-electron chi connectivity index (χ2n) is 4.32. The Morgan fingerprint density at radius 2 is 2.26 bits per heavy atom. The van der Waals surface area contributed by atoms with Gasteiger partial charge < -0.3 is 10.1 Å². The van der Waals surface area contributed by atoms with Gasteiger partial charge in [-0.05, 0) is 12.5 Å². The third kappa shape index (κ3) is 4.78. The minimum Gasteiger partial charge on any atom is -0.383 e. The number of rotatable bonds is 8. The fraction of sp³-hybridized carbons (Fsp3) is 0.538. The van der Waals surface area contributed by atoms with E-state index in [0.717, 1.165) is 12.8 Å². The van der Waals surface area contributed by atoms with Crippen molar-refractivity contribution >= 4 is 17.3 Å². The van der Waals surface area contributed by atoms with Crippen LogP contribution in [-0.4, -0.2) is 24.7 Å². The molecule has 0 saturated carbocycles. The molecule has 0 bridgehead atoms. The summed E-state index contributed by atoms with van der Waals surface area (Å²) in [4.78, 5) is 10.6. The van der Waals surface area contributed by atoms with Crippen LogP contribution in [0.5, 0.6) is 0 Å². The average molecular weight is 287 g/mol. The van der Waals surface area contributed by atoms with Crippen LogP contribution in [0.1, 0.15) is 25.3 Å². The normalized spacial score (nSPS) is 12.4. The zero-order valence-electron chi connectivity index (χ0n) is 11.2. The Kier molecular flexibility index (Phi) is 6.77. The lowest BCUT2D eigenvalue weighted by Gasteiger charge is -2.17. The highest BCUT2D eigenvalue weighted by molar-refractivity contribution is 6.31. The fourth-order valence-electron chi connectivity index (χ4n) is 1.93. The van der Waals surface area contributed by atoms with Crippen molar-refractivity contribution in [1.29, 1.82) is 0 Å². The SMILES string of the molecule is CCCC(COC)NCc1c(Cl)cccc1[N+](=O)[O-]. The minimum atomic E-state index is -0.409. The van der Waals surface area contributed by atoms with E-state index in [0.29, 0.717) is 23.7 Å². The van der Waals surface area contributed by atoms with Crippen LogP contribution < -0.4 is 5.32 Å². The molecule has 1 N–H and O–H groups in total. The maximum Gasteiger partial charge on any atom is 0.275 e. The monoisotopic (exact) mass is 286 g/mol. The highest BCUT2D eigenvalue weighted by atomic mass is 35.5.